The van der Waals surface area contributed by atoms with Crippen molar-refractivity contribution in [3.8, 4) is 11.5 Å². The number of amides is 1. The molecule has 6 rings (SSSR count). The molecule has 0 aliphatic rings. The van der Waals surface area contributed by atoms with E-state index in [0.717, 1.165) is 24.3 Å². The van der Waals surface area contributed by atoms with E-state index in [9.17, 15) is 50.1 Å². The third-order valence-electron chi connectivity index (χ3n) is 11.1. The highest BCUT2D eigenvalue weighted by Crippen LogP contribution is 2.47. The van der Waals surface area contributed by atoms with Gasteiger partial charge in [0.15, 0.2) is 16.9 Å². The number of carbonyl (C=O) groups excluding carboxylic acids is 1. The van der Waals surface area contributed by atoms with Crippen molar-refractivity contribution >= 4 is 33.4 Å². The average molecular weight is 887 g/mol. The van der Waals surface area contributed by atoms with E-state index in [4.69, 9.17) is 21.8 Å². The number of aromatic nitrogens is 2. The molecule has 0 radical (unpaired) electrons. The van der Waals surface area contributed by atoms with E-state index < -0.39 is 77.6 Å². The molecule has 0 saturated carbocycles. The largest absolute Gasteiger partial charge is 0.496 e. The number of rotatable bonds is 13. The fraction of sp³-hybridized carbons (Fsp3) is 0.348. The highest BCUT2D eigenvalue weighted by atomic mass is 19.4. The minimum atomic E-state index is -4.99. The molecule has 6 N–H and O–H groups in total. The van der Waals surface area contributed by atoms with Crippen molar-refractivity contribution in [2.24, 2.45) is 5.73 Å². The number of benzene rings is 4. The predicted octanol–water partition coefficient (Wildman–Crippen LogP) is 10.7. The first-order chi connectivity index (χ1) is 29.2. The smallest absolute Gasteiger partial charge is 0.417 e. The third kappa shape index (κ3) is 10.2. The maximum absolute atomic E-state index is 14.1. The van der Waals surface area contributed by atoms with E-state index in [-0.39, 0.29) is 39.6 Å². The molecule has 9 nitrogen and oxygen atoms in total. The molecule has 2 unspecified atom stereocenters. The normalized spacial score (nSPS) is 14.3. The molecule has 0 aliphatic carbocycles. The van der Waals surface area contributed by atoms with Gasteiger partial charge in [-0.15, -0.1) is 0 Å². The number of methoxy groups -OCH3 is 2. The second-order valence-electron chi connectivity index (χ2n) is 16.8. The fourth-order valence-corrected chi connectivity index (χ4v) is 8.14. The van der Waals surface area contributed by atoms with Crippen molar-refractivity contribution in [1.82, 2.24) is 9.97 Å². The second-order valence-corrected chi connectivity index (χ2v) is 16.8. The maximum Gasteiger partial charge on any atom is 0.417 e. The summed E-state index contributed by atoms with van der Waals surface area (Å²) >= 11 is 0. The number of nitrogens with one attached hydrogen (secondary N) is 2. The number of halogens is 8. The first-order valence-corrected chi connectivity index (χ1v) is 19.3. The number of aromatic amines is 2. The summed E-state index contributed by atoms with van der Waals surface area (Å²) in [6.07, 6.45) is -13.0. The zero-order chi connectivity index (χ0) is 46.9. The number of H-pyrrole nitrogens is 2. The van der Waals surface area contributed by atoms with E-state index >= 15 is 0 Å². The number of nitrogens with zero attached hydrogens (tertiary/aromatic N) is 1. The van der Waals surface area contributed by atoms with Crippen LogP contribution in [0.3, 0.4) is 0 Å². The third-order valence-corrected chi connectivity index (χ3v) is 11.1. The summed E-state index contributed by atoms with van der Waals surface area (Å²) in [4.78, 5) is 20.7. The Morgan fingerprint density at radius 1 is 0.667 bits per heavy atom. The molecule has 2 atom stereocenters. The monoisotopic (exact) mass is 886 g/mol. The Morgan fingerprint density at radius 3 is 1.48 bits per heavy atom. The van der Waals surface area contributed by atoms with Gasteiger partial charge in [-0.25, -0.2) is 13.6 Å². The van der Waals surface area contributed by atoms with Crippen molar-refractivity contribution in [2.75, 3.05) is 14.2 Å². The van der Waals surface area contributed by atoms with Crippen LogP contribution in [0.1, 0.15) is 73.4 Å². The molecule has 1 amide bonds. The number of primary amides is 1. The van der Waals surface area contributed by atoms with Gasteiger partial charge >= 0.3 is 12.4 Å². The van der Waals surface area contributed by atoms with Gasteiger partial charge in [-0.05, 0) is 90.4 Å². The average Bonchev–Trinajstić information content (AvgIpc) is 3.79. The Morgan fingerprint density at radius 2 is 1.08 bits per heavy atom. The molecule has 0 spiro atoms. The van der Waals surface area contributed by atoms with Crippen LogP contribution in [-0.4, -0.2) is 63.9 Å². The summed E-state index contributed by atoms with van der Waals surface area (Å²) in [5.74, 6) is -1.49. The van der Waals surface area contributed by atoms with Crippen LogP contribution >= 0.6 is 0 Å². The summed E-state index contributed by atoms with van der Waals surface area (Å²) in [6.45, 7) is 13.2. The van der Waals surface area contributed by atoms with Gasteiger partial charge in [0, 0.05) is 62.7 Å². The molecule has 0 fully saturated rings. The van der Waals surface area contributed by atoms with Gasteiger partial charge in [-0.2, -0.15) is 26.3 Å². The minimum Gasteiger partial charge on any atom is -0.496 e. The molecule has 6 aromatic rings. The number of hydrogen-bond acceptors (Lipinski definition) is 5. The number of fused-ring (bicyclic) bond motifs is 2. The topological polar surface area (TPSA) is 138 Å². The van der Waals surface area contributed by atoms with Crippen molar-refractivity contribution in [2.45, 2.75) is 87.8 Å². The summed E-state index contributed by atoms with van der Waals surface area (Å²) in [6, 6.07) is 19.5. The summed E-state index contributed by atoms with van der Waals surface area (Å²) in [5.41, 5.74) is -1.43. The molecule has 2 heterocycles. The summed E-state index contributed by atoms with van der Waals surface area (Å²) in [7, 11) is 2.69. The van der Waals surface area contributed by atoms with Crippen LogP contribution < -0.4 is 15.2 Å². The first kappa shape index (κ1) is 47.9. The Balaban J connectivity index is 0.000000238. The Kier molecular flexibility index (Phi) is 13.4. The molecule has 0 aliphatic heterocycles. The van der Waals surface area contributed by atoms with Gasteiger partial charge in [0.05, 0.1) is 20.8 Å². The van der Waals surface area contributed by atoms with Crippen molar-refractivity contribution in [3.63, 3.8) is 0 Å². The molecular weight excluding hydrogens is 841 g/mol. The minimum absolute atomic E-state index is 0.0792. The number of alkyl halides is 6. The summed E-state index contributed by atoms with van der Waals surface area (Å²) in [5, 5.41) is 22.6. The molecule has 0 bridgehead atoms. The molecule has 63 heavy (non-hydrogen) atoms. The zero-order valence-corrected chi connectivity index (χ0v) is 35.1. The van der Waals surface area contributed by atoms with Gasteiger partial charge < -0.3 is 35.4 Å². The SMILES string of the molecule is COc1ccc(F)cc1C(C)(C)CC(O)(Cc1cc2c(C(N)=O)cccc2[nH]1)C(F)(F)F.[C-]#[N+]c1cccc2[nH]c(CC(O)(CC(C)(C)c3cc(F)ccc3OC)C(F)(F)F)cc12. The van der Waals surface area contributed by atoms with E-state index in [1.807, 2.05) is 0 Å². The molecule has 17 heteroatoms. The van der Waals surface area contributed by atoms with Crippen LogP contribution in [0.2, 0.25) is 0 Å². The van der Waals surface area contributed by atoms with Crippen molar-refractivity contribution in [1.29, 1.82) is 0 Å². The second kappa shape index (κ2) is 17.6. The summed E-state index contributed by atoms with van der Waals surface area (Å²) < 4.78 is 123. The van der Waals surface area contributed by atoms with Crippen LogP contribution in [-0.2, 0) is 23.7 Å². The first-order valence-electron chi connectivity index (χ1n) is 19.3. The van der Waals surface area contributed by atoms with Crippen molar-refractivity contribution in [3.05, 3.63) is 136 Å². The predicted molar refractivity (Wildman–Crippen MR) is 222 cm³/mol. The lowest BCUT2D eigenvalue weighted by Crippen LogP contribution is -2.51. The number of ether oxygens (including phenoxy) is 2. The zero-order valence-electron chi connectivity index (χ0n) is 35.1. The van der Waals surface area contributed by atoms with Crippen LogP contribution in [0.5, 0.6) is 11.5 Å². The number of carbonyl (C=O) groups is 1. The van der Waals surface area contributed by atoms with Gasteiger partial charge in [0.2, 0.25) is 5.91 Å². The Bertz CT molecular complexity index is 2660. The maximum atomic E-state index is 14.1. The molecular formula is C46H46F8N4O5. The molecule has 4 aromatic carbocycles. The Labute approximate surface area is 357 Å². The lowest BCUT2D eigenvalue weighted by atomic mass is 9.73. The van der Waals surface area contributed by atoms with Gasteiger partial charge in [-0.1, -0.05) is 45.9 Å². The molecule has 2 aromatic heterocycles. The molecule has 336 valence electrons. The van der Waals surface area contributed by atoms with Crippen LogP contribution in [0, 0.1) is 18.2 Å². The van der Waals surface area contributed by atoms with E-state index in [2.05, 4.69) is 14.8 Å². The molecule has 0 saturated heterocycles. The van der Waals surface area contributed by atoms with E-state index in [0.29, 0.717) is 27.5 Å². The standard InChI is InChI=1S/C23H24F4N2O3.C23H22F4N2O2/c1-21(2,17-9-13(24)7-8-19(17)32-3)12-22(31,23(25,26)27)11-14-10-16-15(20(28)30)5-4-6-18(16)29-14;1-21(2,17-10-14(24)8-9-20(17)31-4)13-22(30,23(25,26)27)12-15-11-16-18(28-3)6-5-7-19(16)29-15/h4-10,29,31H,11-12H2,1-3H3,(H2,28,30);5-11,29-30H,12-13H2,1-2,4H3. The van der Waals surface area contributed by atoms with E-state index in [1.54, 1.807) is 30.3 Å². The van der Waals surface area contributed by atoms with Gasteiger partial charge in [-0.3, -0.25) is 4.79 Å². The van der Waals surface area contributed by atoms with E-state index in [1.165, 1.54) is 72.2 Å². The number of hydrogen-bond donors (Lipinski definition) is 5. The highest BCUT2D eigenvalue weighted by molar-refractivity contribution is 6.05. The lowest BCUT2D eigenvalue weighted by molar-refractivity contribution is -0.266. The van der Waals surface area contributed by atoms with Crippen LogP contribution in [0.15, 0.2) is 84.9 Å². The lowest BCUT2D eigenvalue weighted by Gasteiger charge is -2.38. The highest BCUT2D eigenvalue weighted by Gasteiger charge is 2.57. The number of aliphatic hydroxyl groups is 2. The Hall–Kier alpha value is -6.12. The number of nitrogens with two attached hydrogens (primary N) is 1. The quantitative estimate of drug-likeness (QED) is 0.0581. The van der Waals surface area contributed by atoms with Gasteiger partial charge in [0.25, 0.3) is 0 Å². The van der Waals surface area contributed by atoms with Crippen molar-refractivity contribution < 1.29 is 59.6 Å². The van der Waals surface area contributed by atoms with Crippen LogP contribution in [0.4, 0.5) is 40.8 Å². The van der Waals surface area contributed by atoms with Crippen LogP contribution in [0.25, 0.3) is 26.7 Å². The fourth-order valence-electron chi connectivity index (χ4n) is 8.14. The van der Waals surface area contributed by atoms with Gasteiger partial charge in [0.1, 0.15) is 23.1 Å².